The SMILES string of the molecule is CCCCCCC/C=C\CCCCCCCC(=O)OC(CO)COP(=O)(O)OCC(CO)OC(=O)CCCCCCCCCCCCCCCCCCCCCCC. The molecule has 344 valence electrons. The molecule has 0 aromatic rings. The molecule has 0 rings (SSSR count). The van der Waals surface area contributed by atoms with Crippen LogP contribution in [0.4, 0.5) is 0 Å². The van der Waals surface area contributed by atoms with Crippen molar-refractivity contribution in [2.45, 2.75) is 251 Å². The number of allylic oxidation sites excluding steroid dienone is 2. The number of unbranched alkanes of at least 4 members (excludes halogenated alkanes) is 30. The number of hydrogen-bond donors (Lipinski definition) is 3. The Hall–Kier alpha value is -1.29. The van der Waals surface area contributed by atoms with Gasteiger partial charge in [-0.05, 0) is 38.5 Å². The highest BCUT2D eigenvalue weighted by molar-refractivity contribution is 7.47. The number of aliphatic hydroxyl groups is 2. The number of hydrogen-bond acceptors (Lipinski definition) is 9. The third-order valence-corrected chi connectivity index (χ3v) is 11.7. The lowest BCUT2D eigenvalue weighted by molar-refractivity contribution is -0.153. The third-order valence-electron chi connectivity index (χ3n) is 10.7. The number of aliphatic hydroxyl groups excluding tert-OH is 2. The van der Waals surface area contributed by atoms with E-state index in [9.17, 15) is 29.3 Å². The highest BCUT2D eigenvalue weighted by Crippen LogP contribution is 2.43. The highest BCUT2D eigenvalue weighted by Gasteiger charge is 2.27. The van der Waals surface area contributed by atoms with E-state index in [0.29, 0.717) is 12.8 Å². The molecule has 3 unspecified atom stereocenters. The minimum atomic E-state index is -4.63. The molecule has 0 aliphatic carbocycles. The minimum absolute atomic E-state index is 0.185. The van der Waals surface area contributed by atoms with Gasteiger partial charge in [0.25, 0.3) is 0 Å². The summed E-state index contributed by atoms with van der Waals surface area (Å²) in [6, 6.07) is 0. The Morgan fingerprint density at radius 1 is 0.448 bits per heavy atom. The second-order valence-corrected chi connectivity index (χ2v) is 17.9. The summed E-state index contributed by atoms with van der Waals surface area (Å²) in [5, 5.41) is 19.2. The highest BCUT2D eigenvalue weighted by atomic mass is 31.2. The van der Waals surface area contributed by atoms with Gasteiger partial charge in [-0.2, -0.15) is 0 Å². The van der Waals surface area contributed by atoms with Crippen molar-refractivity contribution >= 4 is 19.8 Å². The van der Waals surface area contributed by atoms with E-state index in [2.05, 4.69) is 26.0 Å². The summed E-state index contributed by atoms with van der Waals surface area (Å²) in [5.74, 6) is -1.02. The van der Waals surface area contributed by atoms with E-state index < -0.39 is 58.4 Å². The molecule has 0 fully saturated rings. The Morgan fingerprint density at radius 2 is 0.707 bits per heavy atom. The van der Waals surface area contributed by atoms with Crippen molar-refractivity contribution in [3.05, 3.63) is 12.2 Å². The van der Waals surface area contributed by atoms with Crippen LogP contribution in [0.3, 0.4) is 0 Å². The number of phosphoric ester groups is 1. The third kappa shape index (κ3) is 41.4. The van der Waals surface area contributed by atoms with E-state index in [4.69, 9.17) is 18.5 Å². The second kappa shape index (κ2) is 43.8. The first-order chi connectivity index (χ1) is 28.3. The van der Waals surface area contributed by atoms with Gasteiger partial charge in [0.2, 0.25) is 0 Å². The predicted octanol–water partition coefficient (Wildman–Crippen LogP) is 13.2. The second-order valence-electron chi connectivity index (χ2n) is 16.5. The van der Waals surface area contributed by atoms with E-state index in [1.54, 1.807) is 0 Å². The summed E-state index contributed by atoms with van der Waals surface area (Å²) >= 11 is 0. The normalized spacial score (nSPS) is 13.8. The zero-order valence-electron chi connectivity index (χ0n) is 37.5. The van der Waals surface area contributed by atoms with Crippen LogP contribution in [0.5, 0.6) is 0 Å². The monoisotopic (exact) mass is 847 g/mol. The molecule has 0 aromatic heterocycles. The fourth-order valence-electron chi connectivity index (χ4n) is 6.99. The molecule has 10 nitrogen and oxygen atoms in total. The lowest BCUT2D eigenvalue weighted by Crippen LogP contribution is -2.28. The fourth-order valence-corrected chi connectivity index (χ4v) is 7.78. The summed E-state index contributed by atoms with van der Waals surface area (Å²) in [5.41, 5.74) is 0. The number of carbonyl (C=O) groups is 2. The fraction of sp³-hybridized carbons (Fsp3) is 0.915. The maximum Gasteiger partial charge on any atom is 0.472 e. The molecule has 0 amide bonds. The first-order valence-corrected chi connectivity index (χ1v) is 25.6. The molecule has 0 spiro atoms. The van der Waals surface area contributed by atoms with Gasteiger partial charge in [0.1, 0.15) is 12.2 Å². The smallest absolute Gasteiger partial charge is 0.457 e. The van der Waals surface area contributed by atoms with Crippen LogP contribution in [0.15, 0.2) is 12.2 Å². The Morgan fingerprint density at radius 3 is 0.983 bits per heavy atom. The quantitative estimate of drug-likeness (QED) is 0.0234. The zero-order valence-corrected chi connectivity index (χ0v) is 38.4. The molecule has 0 saturated heterocycles. The number of ether oxygens (including phenoxy) is 2. The van der Waals surface area contributed by atoms with Gasteiger partial charge < -0.3 is 24.6 Å². The number of phosphoric acid groups is 1. The maximum absolute atomic E-state index is 12.4. The van der Waals surface area contributed by atoms with E-state index in [1.807, 2.05) is 0 Å². The summed E-state index contributed by atoms with van der Waals surface area (Å²) in [6.07, 6.45) is 43.3. The molecule has 11 heteroatoms. The summed E-state index contributed by atoms with van der Waals surface area (Å²) in [6.45, 7) is 2.23. The average Bonchev–Trinajstić information content (AvgIpc) is 3.21. The van der Waals surface area contributed by atoms with Crippen molar-refractivity contribution in [1.29, 1.82) is 0 Å². The molecular formula is C47H91O10P. The van der Waals surface area contributed by atoms with E-state index in [0.717, 1.165) is 57.8 Å². The summed E-state index contributed by atoms with van der Waals surface area (Å²) in [7, 11) is -4.63. The number of rotatable bonds is 46. The first kappa shape index (κ1) is 56.7. The average molecular weight is 847 g/mol. The van der Waals surface area contributed by atoms with Crippen LogP contribution in [0.2, 0.25) is 0 Å². The van der Waals surface area contributed by atoms with Gasteiger partial charge in [-0.1, -0.05) is 199 Å². The summed E-state index contributed by atoms with van der Waals surface area (Å²) in [4.78, 5) is 34.6. The van der Waals surface area contributed by atoms with Crippen molar-refractivity contribution in [2.75, 3.05) is 26.4 Å². The lowest BCUT2D eigenvalue weighted by Gasteiger charge is -2.20. The van der Waals surface area contributed by atoms with Crippen molar-refractivity contribution in [3.8, 4) is 0 Å². The Bertz CT molecular complexity index is 977. The molecule has 0 aliphatic heterocycles. The van der Waals surface area contributed by atoms with Crippen molar-refractivity contribution in [2.24, 2.45) is 0 Å². The van der Waals surface area contributed by atoms with Crippen LogP contribution in [0.1, 0.15) is 239 Å². The maximum atomic E-state index is 12.4. The van der Waals surface area contributed by atoms with E-state index in [-0.39, 0.29) is 12.8 Å². The first-order valence-electron chi connectivity index (χ1n) is 24.1. The van der Waals surface area contributed by atoms with E-state index >= 15 is 0 Å². The summed E-state index contributed by atoms with van der Waals surface area (Å²) < 4.78 is 32.6. The van der Waals surface area contributed by atoms with Crippen molar-refractivity contribution < 1.29 is 47.8 Å². The molecule has 58 heavy (non-hydrogen) atoms. The largest absolute Gasteiger partial charge is 0.472 e. The van der Waals surface area contributed by atoms with Gasteiger partial charge in [0.15, 0.2) is 0 Å². The Kier molecular flexibility index (Phi) is 42.8. The number of esters is 2. The Balaban J connectivity index is 3.82. The van der Waals surface area contributed by atoms with E-state index in [1.165, 1.54) is 141 Å². The van der Waals surface area contributed by atoms with Gasteiger partial charge in [0, 0.05) is 12.8 Å². The molecule has 0 bridgehead atoms. The lowest BCUT2D eigenvalue weighted by atomic mass is 10.0. The van der Waals surface area contributed by atoms with Crippen LogP contribution in [-0.4, -0.2) is 65.7 Å². The van der Waals surface area contributed by atoms with Crippen molar-refractivity contribution in [3.63, 3.8) is 0 Å². The van der Waals surface area contributed by atoms with Crippen LogP contribution in [-0.2, 0) is 32.7 Å². The van der Waals surface area contributed by atoms with Gasteiger partial charge >= 0.3 is 19.8 Å². The van der Waals surface area contributed by atoms with Gasteiger partial charge in [-0.3, -0.25) is 18.6 Å². The predicted molar refractivity (Wildman–Crippen MR) is 238 cm³/mol. The molecular weight excluding hydrogens is 755 g/mol. The van der Waals surface area contributed by atoms with Crippen LogP contribution >= 0.6 is 7.82 Å². The standard InChI is InChI=1S/C47H91O10P/c1-3-5-7-9-11-13-15-17-19-20-21-22-23-24-25-27-29-31-33-35-37-39-47(51)57-45(41-49)43-55-58(52,53)54-42-44(40-48)56-46(50)38-36-34-32-30-28-26-18-16-14-12-10-8-6-4-2/h16,18,44-45,48-49H,3-15,17,19-43H2,1-2H3,(H,52,53)/b18-16-. The van der Waals surface area contributed by atoms with Crippen LogP contribution < -0.4 is 0 Å². The zero-order chi connectivity index (χ0) is 42.6. The molecule has 0 saturated carbocycles. The van der Waals surface area contributed by atoms with Gasteiger partial charge in [-0.25, -0.2) is 4.57 Å². The van der Waals surface area contributed by atoms with Crippen molar-refractivity contribution in [1.82, 2.24) is 0 Å². The molecule has 3 atom stereocenters. The molecule has 3 N–H and O–H groups in total. The van der Waals surface area contributed by atoms with Gasteiger partial charge in [-0.15, -0.1) is 0 Å². The van der Waals surface area contributed by atoms with Crippen LogP contribution in [0.25, 0.3) is 0 Å². The van der Waals surface area contributed by atoms with Gasteiger partial charge in [0.05, 0.1) is 26.4 Å². The Labute approximate surface area is 356 Å². The topological polar surface area (TPSA) is 149 Å². The molecule has 0 aromatic carbocycles. The van der Waals surface area contributed by atoms with Crippen LogP contribution in [0, 0.1) is 0 Å². The number of carbonyl (C=O) groups excluding carboxylic acids is 2. The molecule has 0 aliphatic rings. The minimum Gasteiger partial charge on any atom is -0.457 e. The molecule has 0 heterocycles. The molecule has 0 radical (unpaired) electrons.